The molecule has 0 aliphatic carbocycles. The van der Waals surface area contributed by atoms with Crippen molar-refractivity contribution in [1.29, 1.82) is 0 Å². The third kappa shape index (κ3) is 3.05. The molecular weight excluding hydrogens is 368 g/mol. The highest BCUT2D eigenvalue weighted by Gasteiger charge is 2.14. The number of aryl methyl sites for hydroxylation is 1. The molecule has 0 aliphatic heterocycles. The second-order valence-corrected chi connectivity index (χ2v) is 7.70. The Kier molecular flexibility index (Phi) is 4.36. The van der Waals surface area contributed by atoms with Gasteiger partial charge >= 0.3 is 0 Å². The molecule has 1 amide bonds. The van der Waals surface area contributed by atoms with Gasteiger partial charge in [0.1, 0.15) is 0 Å². The van der Waals surface area contributed by atoms with E-state index in [0.717, 1.165) is 28.4 Å². The molecule has 0 saturated heterocycles. The first-order valence-electron chi connectivity index (χ1n) is 10.1. The molecule has 0 atom stereocenters. The highest BCUT2D eigenvalue weighted by Crippen LogP contribution is 2.32. The lowest BCUT2D eigenvalue weighted by Gasteiger charge is -2.13. The van der Waals surface area contributed by atoms with Gasteiger partial charge in [0.2, 0.25) is 5.91 Å². The van der Waals surface area contributed by atoms with Gasteiger partial charge in [-0.2, -0.15) is 0 Å². The molecule has 0 unspecified atom stereocenters. The summed E-state index contributed by atoms with van der Waals surface area (Å²) in [7, 11) is 0. The normalized spacial score (nSPS) is 11.2. The van der Waals surface area contributed by atoms with Crippen LogP contribution in [0.1, 0.15) is 21.6 Å². The Morgan fingerprint density at radius 3 is 2.30 bits per heavy atom. The number of nitrogens with zero attached hydrogens (tertiary/aromatic N) is 1. The van der Waals surface area contributed by atoms with Gasteiger partial charge in [0, 0.05) is 28.9 Å². The maximum atomic E-state index is 12.1. The lowest BCUT2D eigenvalue weighted by molar-refractivity contribution is 0.100. The minimum atomic E-state index is -0.408. The molecule has 5 rings (SSSR count). The minimum Gasteiger partial charge on any atom is -0.366 e. The number of aromatic nitrogens is 1. The fourth-order valence-corrected chi connectivity index (χ4v) is 4.31. The van der Waals surface area contributed by atoms with E-state index >= 15 is 0 Å². The Morgan fingerprint density at radius 2 is 1.53 bits per heavy atom. The summed E-state index contributed by atoms with van der Waals surface area (Å²) in [6.07, 6.45) is 0. The van der Waals surface area contributed by atoms with Gasteiger partial charge in [-0.3, -0.25) is 4.79 Å². The van der Waals surface area contributed by atoms with Crippen LogP contribution in [-0.4, -0.2) is 10.5 Å². The average Bonchev–Trinajstić information content (AvgIpc) is 3.08. The van der Waals surface area contributed by atoms with Gasteiger partial charge in [-0.25, -0.2) is 0 Å². The first-order chi connectivity index (χ1) is 14.6. The number of carbonyl (C=O) groups excluding carboxylic acids is 1. The van der Waals surface area contributed by atoms with Crippen LogP contribution >= 0.6 is 0 Å². The standard InChI is InChI=1S/C27H22N2O/c1-18-16-22-7-3-5-9-25(22)29(18)17-19-10-12-21(13-11-19)26-23-8-4-2-6-20(23)14-15-24(26)27(28)30/h2-16H,17H2,1H3,(H2,28,30). The number of primary amides is 1. The number of fused-ring (bicyclic) bond motifs is 2. The number of carbonyl (C=O) groups is 1. The van der Waals surface area contributed by atoms with E-state index in [1.807, 2.05) is 30.3 Å². The Hall–Kier alpha value is -3.85. The zero-order valence-electron chi connectivity index (χ0n) is 16.8. The van der Waals surface area contributed by atoms with E-state index in [9.17, 15) is 4.79 Å². The van der Waals surface area contributed by atoms with Gasteiger partial charge in [0.25, 0.3) is 0 Å². The largest absolute Gasteiger partial charge is 0.366 e. The summed E-state index contributed by atoms with van der Waals surface area (Å²) in [6, 6.07) is 31.0. The summed E-state index contributed by atoms with van der Waals surface area (Å²) in [4.78, 5) is 12.1. The van der Waals surface area contributed by atoms with Crippen molar-refractivity contribution in [2.75, 3.05) is 0 Å². The van der Waals surface area contributed by atoms with Gasteiger partial charge in [0.15, 0.2) is 0 Å². The molecule has 0 radical (unpaired) electrons. The fourth-order valence-electron chi connectivity index (χ4n) is 4.31. The molecule has 0 aliphatic rings. The van der Waals surface area contributed by atoms with Crippen molar-refractivity contribution in [3.8, 4) is 11.1 Å². The highest BCUT2D eigenvalue weighted by atomic mass is 16.1. The van der Waals surface area contributed by atoms with Crippen LogP contribution in [0.15, 0.2) is 91.0 Å². The smallest absolute Gasteiger partial charge is 0.249 e. The fraction of sp³-hybridized carbons (Fsp3) is 0.0741. The molecule has 0 bridgehead atoms. The van der Waals surface area contributed by atoms with Crippen molar-refractivity contribution in [1.82, 2.24) is 4.57 Å². The summed E-state index contributed by atoms with van der Waals surface area (Å²) in [5, 5.41) is 3.39. The second-order valence-electron chi connectivity index (χ2n) is 7.70. The number of rotatable bonds is 4. The van der Waals surface area contributed by atoms with Crippen LogP contribution in [0, 0.1) is 6.92 Å². The molecule has 1 aromatic heterocycles. The molecular formula is C27H22N2O. The van der Waals surface area contributed by atoms with Crippen molar-refractivity contribution in [2.24, 2.45) is 5.73 Å². The third-order valence-corrected chi connectivity index (χ3v) is 5.80. The average molecular weight is 390 g/mol. The van der Waals surface area contributed by atoms with E-state index in [-0.39, 0.29) is 0 Å². The molecule has 1 heterocycles. The van der Waals surface area contributed by atoms with E-state index < -0.39 is 5.91 Å². The molecule has 0 fully saturated rings. The first-order valence-corrected chi connectivity index (χ1v) is 10.1. The first kappa shape index (κ1) is 18.2. The van der Waals surface area contributed by atoms with Crippen LogP contribution < -0.4 is 5.73 Å². The van der Waals surface area contributed by atoms with Crippen molar-refractivity contribution < 1.29 is 4.79 Å². The van der Waals surface area contributed by atoms with E-state index in [4.69, 9.17) is 5.73 Å². The van der Waals surface area contributed by atoms with Crippen LogP contribution in [0.4, 0.5) is 0 Å². The number of hydrogen-bond acceptors (Lipinski definition) is 1. The molecule has 5 aromatic rings. The topological polar surface area (TPSA) is 48.0 Å². The Balaban J connectivity index is 1.57. The molecule has 30 heavy (non-hydrogen) atoms. The van der Waals surface area contributed by atoms with Crippen molar-refractivity contribution in [2.45, 2.75) is 13.5 Å². The minimum absolute atomic E-state index is 0.408. The lowest BCUT2D eigenvalue weighted by Crippen LogP contribution is -2.12. The molecule has 4 aromatic carbocycles. The molecule has 3 heteroatoms. The summed E-state index contributed by atoms with van der Waals surface area (Å²) < 4.78 is 2.33. The summed E-state index contributed by atoms with van der Waals surface area (Å²) in [5.41, 5.74) is 11.8. The van der Waals surface area contributed by atoms with Crippen LogP contribution in [0.2, 0.25) is 0 Å². The van der Waals surface area contributed by atoms with Gasteiger partial charge in [-0.15, -0.1) is 0 Å². The number of para-hydroxylation sites is 1. The van der Waals surface area contributed by atoms with E-state index in [2.05, 4.69) is 72.2 Å². The van der Waals surface area contributed by atoms with Crippen molar-refractivity contribution in [3.63, 3.8) is 0 Å². The molecule has 3 nitrogen and oxygen atoms in total. The third-order valence-electron chi connectivity index (χ3n) is 5.80. The number of amides is 1. The monoisotopic (exact) mass is 390 g/mol. The lowest BCUT2D eigenvalue weighted by atomic mass is 9.92. The van der Waals surface area contributed by atoms with Crippen LogP contribution in [0.3, 0.4) is 0 Å². The molecule has 2 N–H and O–H groups in total. The Bertz CT molecular complexity index is 1390. The highest BCUT2D eigenvalue weighted by molar-refractivity contribution is 6.09. The quantitative estimate of drug-likeness (QED) is 0.407. The summed E-state index contributed by atoms with van der Waals surface area (Å²) >= 11 is 0. The van der Waals surface area contributed by atoms with Gasteiger partial charge < -0.3 is 10.3 Å². The van der Waals surface area contributed by atoms with Crippen molar-refractivity contribution >= 4 is 27.6 Å². The van der Waals surface area contributed by atoms with Gasteiger partial charge in [-0.05, 0) is 52.4 Å². The van der Waals surface area contributed by atoms with Crippen molar-refractivity contribution in [3.05, 3.63) is 108 Å². The van der Waals surface area contributed by atoms with E-state index in [1.165, 1.54) is 22.2 Å². The maximum Gasteiger partial charge on any atom is 0.249 e. The van der Waals surface area contributed by atoms with Crippen LogP contribution in [0.25, 0.3) is 32.8 Å². The van der Waals surface area contributed by atoms with Gasteiger partial charge in [-0.1, -0.05) is 72.8 Å². The summed E-state index contributed by atoms with van der Waals surface area (Å²) in [5.74, 6) is -0.408. The number of nitrogens with two attached hydrogens (primary N) is 1. The number of benzene rings is 4. The number of hydrogen-bond donors (Lipinski definition) is 1. The Labute approximate surface area is 175 Å². The van der Waals surface area contributed by atoms with Crippen LogP contribution in [0.5, 0.6) is 0 Å². The van der Waals surface area contributed by atoms with E-state index in [1.54, 1.807) is 0 Å². The van der Waals surface area contributed by atoms with E-state index in [0.29, 0.717) is 5.56 Å². The van der Waals surface area contributed by atoms with Gasteiger partial charge in [0.05, 0.1) is 0 Å². The summed E-state index contributed by atoms with van der Waals surface area (Å²) in [6.45, 7) is 2.95. The second kappa shape index (κ2) is 7.20. The zero-order chi connectivity index (χ0) is 20.7. The maximum absolute atomic E-state index is 12.1. The predicted octanol–water partition coefficient (Wildman–Crippen LogP) is 5.92. The van der Waals surface area contributed by atoms with Crippen LogP contribution in [-0.2, 0) is 6.54 Å². The SMILES string of the molecule is Cc1cc2ccccc2n1Cc1ccc(-c2c(C(N)=O)ccc3ccccc23)cc1. The zero-order valence-corrected chi connectivity index (χ0v) is 16.8. The predicted molar refractivity (Wildman–Crippen MR) is 124 cm³/mol. The Morgan fingerprint density at radius 1 is 0.833 bits per heavy atom. The molecule has 146 valence electrons. The molecule has 0 spiro atoms. The molecule has 0 saturated carbocycles.